The van der Waals surface area contributed by atoms with Crippen LogP contribution in [0.1, 0.15) is 32.1 Å². The highest BCUT2D eigenvalue weighted by Gasteiger charge is 2.46. The number of sulfone groups is 1. The zero-order valence-electron chi connectivity index (χ0n) is 10.8. The van der Waals surface area contributed by atoms with Crippen molar-refractivity contribution in [2.24, 2.45) is 0 Å². The van der Waals surface area contributed by atoms with Crippen molar-refractivity contribution in [1.82, 2.24) is 0 Å². The molecule has 2 fully saturated rings. The van der Waals surface area contributed by atoms with Gasteiger partial charge < -0.3 is 10.5 Å². The van der Waals surface area contributed by atoms with E-state index >= 15 is 0 Å². The van der Waals surface area contributed by atoms with Crippen LogP contribution in [0, 0.1) is 0 Å². The minimum atomic E-state index is -3.34. The first-order chi connectivity index (χ1) is 9.04. The molecular weight excluding hydrogens is 262 g/mol. The summed E-state index contributed by atoms with van der Waals surface area (Å²) in [6.07, 6.45) is 4.30. The van der Waals surface area contributed by atoms with E-state index in [0.29, 0.717) is 25.1 Å². The van der Waals surface area contributed by atoms with Crippen LogP contribution in [0.15, 0.2) is 29.2 Å². The summed E-state index contributed by atoms with van der Waals surface area (Å²) in [5.74, 6) is 0. The maximum atomic E-state index is 12.7. The Bertz CT molecular complexity index is 578. The van der Waals surface area contributed by atoms with Crippen LogP contribution in [0.4, 0.5) is 5.69 Å². The quantitative estimate of drug-likeness (QED) is 0.843. The predicted molar refractivity (Wildman–Crippen MR) is 73.6 cm³/mol. The van der Waals surface area contributed by atoms with Crippen molar-refractivity contribution in [3.8, 4) is 0 Å². The van der Waals surface area contributed by atoms with E-state index in [0.717, 1.165) is 19.3 Å². The minimum Gasteiger partial charge on any atom is -0.398 e. The lowest BCUT2D eigenvalue weighted by Crippen LogP contribution is -2.49. The molecule has 1 aliphatic heterocycles. The summed E-state index contributed by atoms with van der Waals surface area (Å²) in [5, 5.41) is -0.355. The van der Waals surface area contributed by atoms with Gasteiger partial charge in [0, 0.05) is 6.61 Å². The molecule has 0 amide bonds. The molecule has 5 heteroatoms. The number of nitrogen functional groups attached to an aromatic ring is 1. The van der Waals surface area contributed by atoms with Crippen molar-refractivity contribution in [2.75, 3.05) is 12.3 Å². The number of hydrogen-bond acceptors (Lipinski definition) is 4. The van der Waals surface area contributed by atoms with E-state index in [1.807, 2.05) is 0 Å². The van der Waals surface area contributed by atoms with Gasteiger partial charge in [-0.25, -0.2) is 8.42 Å². The van der Waals surface area contributed by atoms with E-state index in [1.165, 1.54) is 0 Å². The first-order valence-electron chi connectivity index (χ1n) is 6.76. The van der Waals surface area contributed by atoms with Gasteiger partial charge in [-0.05, 0) is 44.2 Å². The third kappa shape index (κ3) is 2.15. The van der Waals surface area contributed by atoms with Crippen LogP contribution in [0.2, 0.25) is 0 Å². The van der Waals surface area contributed by atoms with E-state index in [-0.39, 0.29) is 15.7 Å². The highest BCUT2D eigenvalue weighted by atomic mass is 32.2. The summed E-state index contributed by atoms with van der Waals surface area (Å²) in [5.41, 5.74) is 5.99. The Morgan fingerprint density at radius 2 is 2.00 bits per heavy atom. The fraction of sp³-hybridized carbons (Fsp3) is 0.571. The van der Waals surface area contributed by atoms with E-state index in [2.05, 4.69) is 0 Å². The first-order valence-corrected chi connectivity index (χ1v) is 8.31. The van der Waals surface area contributed by atoms with Gasteiger partial charge >= 0.3 is 0 Å². The van der Waals surface area contributed by atoms with Crippen molar-refractivity contribution in [1.29, 1.82) is 0 Å². The fourth-order valence-electron chi connectivity index (χ4n) is 3.09. The molecular formula is C14H19NO3S. The summed E-state index contributed by atoms with van der Waals surface area (Å²) in [7, 11) is -3.34. The second kappa shape index (κ2) is 4.49. The summed E-state index contributed by atoms with van der Waals surface area (Å²) < 4.78 is 31.2. The first kappa shape index (κ1) is 12.9. The summed E-state index contributed by atoms with van der Waals surface area (Å²) in [6, 6.07) is 6.73. The number of nitrogens with two attached hydrogens (primary N) is 1. The van der Waals surface area contributed by atoms with E-state index in [1.54, 1.807) is 24.3 Å². The summed E-state index contributed by atoms with van der Waals surface area (Å²) >= 11 is 0. The fourth-order valence-corrected chi connectivity index (χ4v) is 5.04. The van der Waals surface area contributed by atoms with Gasteiger partial charge in [-0.2, -0.15) is 0 Å². The van der Waals surface area contributed by atoms with Gasteiger partial charge in [0.05, 0.1) is 21.4 Å². The van der Waals surface area contributed by atoms with Gasteiger partial charge in [0.25, 0.3) is 0 Å². The lowest BCUT2D eigenvalue weighted by Gasteiger charge is -2.46. The van der Waals surface area contributed by atoms with Crippen molar-refractivity contribution >= 4 is 15.5 Å². The Hall–Kier alpha value is -1.07. The Balaban J connectivity index is 1.90. The number of ether oxygens (including phenoxy) is 1. The molecule has 1 aromatic carbocycles. The molecule has 1 saturated heterocycles. The standard InChI is InChI=1S/C14H19NO3S/c15-12-4-1-2-5-13(12)19(16,17)11-6-9-18-14(10-11)7-3-8-14/h1-2,4-5,11H,3,6-10,15H2. The van der Waals surface area contributed by atoms with Crippen molar-refractivity contribution in [3.05, 3.63) is 24.3 Å². The molecule has 1 atom stereocenters. The van der Waals surface area contributed by atoms with E-state index in [4.69, 9.17) is 10.5 Å². The van der Waals surface area contributed by atoms with Gasteiger partial charge in [-0.15, -0.1) is 0 Å². The van der Waals surface area contributed by atoms with Crippen LogP contribution >= 0.6 is 0 Å². The molecule has 1 heterocycles. The Kier molecular flexibility index (Phi) is 3.06. The smallest absolute Gasteiger partial charge is 0.183 e. The average molecular weight is 281 g/mol. The molecule has 2 aliphatic rings. The summed E-state index contributed by atoms with van der Waals surface area (Å²) in [4.78, 5) is 0.274. The molecule has 104 valence electrons. The van der Waals surface area contributed by atoms with Crippen LogP contribution in [0.3, 0.4) is 0 Å². The third-order valence-electron chi connectivity index (χ3n) is 4.38. The second-order valence-electron chi connectivity index (χ2n) is 5.58. The molecule has 2 N–H and O–H groups in total. The zero-order valence-corrected chi connectivity index (χ0v) is 11.7. The monoisotopic (exact) mass is 281 g/mol. The van der Waals surface area contributed by atoms with Crippen LogP contribution in [-0.4, -0.2) is 25.9 Å². The normalized spacial score (nSPS) is 26.0. The van der Waals surface area contributed by atoms with Gasteiger partial charge in [0.2, 0.25) is 0 Å². The zero-order chi connectivity index (χ0) is 13.5. The average Bonchev–Trinajstić information content (AvgIpc) is 2.37. The minimum absolute atomic E-state index is 0.167. The van der Waals surface area contributed by atoms with Crippen LogP contribution in [0.25, 0.3) is 0 Å². The number of rotatable bonds is 2. The molecule has 0 aromatic heterocycles. The molecule has 0 radical (unpaired) electrons. The Morgan fingerprint density at radius 1 is 1.26 bits per heavy atom. The second-order valence-corrected chi connectivity index (χ2v) is 7.78. The lowest BCUT2D eigenvalue weighted by atomic mass is 9.75. The third-order valence-corrected chi connectivity index (χ3v) is 6.64. The summed E-state index contributed by atoms with van der Waals surface area (Å²) in [6.45, 7) is 0.538. The number of hydrogen-bond donors (Lipinski definition) is 1. The van der Waals surface area contributed by atoms with E-state index in [9.17, 15) is 8.42 Å². The molecule has 1 unspecified atom stereocenters. The maximum absolute atomic E-state index is 12.7. The number of benzene rings is 1. The largest absolute Gasteiger partial charge is 0.398 e. The molecule has 4 nitrogen and oxygen atoms in total. The molecule has 3 rings (SSSR count). The number of para-hydroxylation sites is 1. The van der Waals surface area contributed by atoms with Crippen molar-refractivity contribution in [3.63, 3.8) is 0 Å². The number of anilines is 1. The molecule has 1 aromatic rings. The molecule has 1 spiro atoms. The van der Waals surface area contributed by atoms with Crippen molar-refractivity contribution < 1.29 is 13.2 Å². The molecule has 19 heavy (non-hydrogen) atoms. The van der Waals surface area contributed by atoms with Crippen LogP contribution in [0.5, 0.6) is 0 Å². The Morgan fingerprint density at radius 3 is 2.63 bits per heavy atom. The molecule has 0 bridgehead atoms. The lowest BCUT2D eigenvalue weighted by molar-refractivity contribution is -0.125. The molecule has 1 aliphatic carbocycles. The van der Waals surface area contributed by atoms with Crippen LogP contribution < -0.4 is 5.73 Å². The highest BCUT2D eigenvalue weighted by Crippen LogP contribution is 2.44. The van der Waals surface area contributed by atoms with Gasteiger partial charge in [0.15, 0.2) is 9.84 Å². The maximum Gasteiger partial charge on any atom is 0.183 e. The van der Waals surface area contributed by atoms with Gasteiger partial charge in [-0.1, -0.05) is 12.1 Å². The topological polar surface area (TPSA) is 69.4 Å². The van der Waals surface area contributed by atoms with Gasteiger partial charge in [0.1, 0.15) is 0 Å². The van der Waals surface area contributed by atoms with Crippen LogP contribution in [-0.2, 0) is 14.6 Å². The van der Waals surface area contributed by atoms with E-state index < -0.39 is 9.84 Å². The Labute approximate surface area is 113 Å². The molecule has 1 saturated carbocycles. The SMILES string of the molecule is Nc1ccccc1S(=O)(=O)C1CCOC2(CCC2)C1. The van der Waals surface area contributed by atoms with Gasteiger partial charge in [-0.3, -0.25) is 0 Å². The highest BCUT2D eigenvalue weighted by molar-refractivity contribution is 7.92. The predicted octanol–water partition coefficient (Wildman–Crippen LogP) is 2.14. The van der Waals surface area contributed by atoms with Crippen molar-refractivity contribution in [2.45, 2.75) is 47.9 Å².